The van der Waals surface area contributed by atoms with Crippen molar-refractivity contribution in [1.82, 2.24) is 0 Å². The van der Waals surface area contributed by atoms with Gasteiger partial charge >= 0.3 is 7.82 Å². The van der Waals surface area contributed by atoms with Gasteiger partial charge in [-0.3, -0.25) is 13.8 Å². The maximum atomic E-state index is 11.3. The number of phosphoric acid groups is 1. The number of rotatable bonds is 5. The Hall–Kier alpha value is -0.840. The molecule has 6 nitrogen and oxygen atoms in total. The molecule has 0 bridgehead atoms. The highest BCUT2D eigenvalue weighted by Crippen LogP contribution is 2.49. The minimum Gasteiger partial charge on any atom is -0.409 e. The molecule has 76 valence electrons. The van der Waals surface area contributed by atoms with Gasteiger partial charge in [-0.1, -0.05) is 0 Å². The molecule has 0 aliphatic carbocycles. The Morgan fingerprint density at radius 1 is 1.38 bits per heavy atom. The molecule has 0 aliphatic rings. The molecule has 0 saturated heterocycles. The van der Waals surface area contributed by atoms with Crippen LogP contribution in [0, 0.1) is 0 Å². The third-order valence-electron chi connectivity index (χ3n) is 1.05. The number of hydrogen-bond acceptors (Lipinski definition) is 5. The molecule has 13 heavy (non-hydrogen) atoms. The molecular formula is C6H12NO5P. The van der Waals surface area contributed by atoms with E-state index in [1.165, 1.54) is 21.1 Å². The summed E-state index contributed by atoms with van der Waals surface area (Å²) in [4.78, 5) is 10.4. The molecule has 0 saturated carbocycles. The van der Waals surface area contributed by atoms with Crippen molar-refractivity contribution in [2.24, 2.45) is 5.73 Å². The molecule has 0 aliphatic heterocycles. The van der Waals surface area contributed by atoms with Gasteiger partial charge in [0.2, 0.25) is 5.91 Å². The van der Waals surface area contributed by atoms with Crippen LogP contribution < -0.4 is 5.73 Å². The molecule has 7 heteroatoms. The van der Waals surface area contributed by atoms with Crippen molar-refractivity contribution in [2.45, 2.75) is 6.92 Å². The average Bonchev–Trinajstić information content (AvgIpc) is 2.02. The smallest absolute Gasteiger partial charge is 0.409 e. The van der Waals surface area contributed by atoms with Crippen LogP contribution in [0.15, 0.2) is 11.8 Å². The van der Waals surface area contributed by atoms with E-state index in [9.17, 15) is 9.36 Å². The number of carbonyl (C=O) groups is 1. The molecule has 2 N–H and O–H groups in total. The lowest BCUT2D eigenvalue weighted by molar-refractivity contribution is -0.113. The number of amides is 1. The van der Waals surface area contributed by atoms with Crippen LogP contribution in [0.1, 0.15) is 6.92 Å². The Kier molecular flexibility index (Phi) is 4.69. The molecule has 0 unspecified atom stereocenters. The molecule has 0 heterocycles. The summed E-state index contributed by atoms with van der Waals surface area (Å²) in [6.07, 6.45) is 0.977. The van der Waals surface area contributed by atoms with Crippen LogP contribution in [0.5, 0.6) is 0 Å². The second-order valence-electron chi connectivity index (χ2n) is 2.06. The molecule has 0 radical (unpaired) electrons. The highest BCUT2D eigenvalue weighted by atomic mass is 31.2. The molecule has 0 spiro atoms. The number of nitrogens with two attached hydrogens (primary N) is 1. The highest BCUT2D eigenvalue weighted by molar-refractivity contribution is 7.48. The van der Waals surface area contributed by atoms with Gasteiger partial charge in [0.15, 0.2) is 0 Å². The van der Waals surface area contributed by atoms with E-state index in [-0.39, 0.29) is 5.76 Å². The molecule has 0 aromatic heterocycles. The monoisotopic (exact) mass is 209 g/mol. The fourth-order valence-corrected chi connectivity index (χ4v) is 1.26. The molecule has 0 rings (SSSR count). The summed E-state index contributed by atoms with van der Waals surface area (Å²) in [7, 11) is -1.23. The Morgan fingerprint density at radius 2 is 1.85 bits per heavy atom. The Labute approximate surface area is 76.3 Å². The van der Waals surface area contributed by atoms with E-state index in [4.69, 9.17) is 10.3 Å². The molecule has 0 fully saturated rings. The van der Waals surface area contributed by atoms with Crippen LogP contribution in [0.3, 0.4) is 0 Å². The topological polar surface area (TPSA) is 87.8 Å². The van der Waals surface area contributed by atoms with E-state index < -0.39 is 13.7 Å². The van der Waals surface area contributed by atoms with E-state index >= 15 is 0 Å². The first-order valence-electron chi connectivity index (χ1n) is 3.32. The zero-order valence-corrected chi connectivity index (χ0v) is 8.54. The van der Waals surface area contributed by atoms with E-state index in [2.05, 4.69) is 9.05 Å². The van der Waals surface area contributed by atoms with Crippen molar-refractivity contribution in [3.05, 3.63) is 11.8 Å². The van der Waals surface area contributed by atoms with E-state index in [0.29, 0.717) is 0 Å². The second kappa shape index (κ2) is 5.01. The third-order valence-corrected chi connectivity index (χ3v) is 2.45. The predicted octanol–water partition coefficient (Wildman–Crippen LogP) is 0.793. The van der Waals surface area contributed by atoms with Gasteiger partial charge < -0.3 is 10.3 Å². The minimum atomic E-state index is -3.57. The van der Waals surface area contributed by atoms with Crippen molar-refractivity contribution in [3.8, 4) is 0 Å². The summed E-state index contributed by atoms with van der Waals surface area (Å²) in [5.41, 5.74) is 4.83. The van der Waals surface area contributed by atoms with Gasteiger partial charge in [0.25, 0.3) is 0 Å². The summed E-state index contributed by atoms with van der Waals surface area (Å²) in [5, 5.41) is 0. The summed E-state index contributed by atoms with van der Waals surface area (Å²) in [6, 6.07) is 0. The van der Waals surface area contributed by atoms with Crippen LogP contribution in [-0.2, 0) is 22.9 Å². The Balaban J connectivity index is 4.42. The quantitative estimate of drug-likeness (QED) is 0.411. The number of hydrogen-bond donors (Lipinski definition) is 1. The van der Waals surface area contributed by atoms with Crippen LogP contribution in [0.4, 0.5) is 0 Å². The highest BCUT2D eigenvalue weighted by Gasteiger charge is 2.24. The fraction of sp³-hybridized carbons (Fsp3) is 0.500. The number of phosphoric ester groups is 1. The molecule has 0 atom stereocenters. The van der Waals surface area contributed by atoms with E-state index in [1.807, 2.05) is 0 Å². The Bertz CT molecular complexity index is 254. The summed E-state index contributed by atoms with van der Waals surface area (Å²) < 4.78 is 24.9. The lowest BCUT2D eigenvalue weighted by Crippen LogP contribution is -2.07. The minimum absolute atomic E-state index is 0.0690. The standard InChI is InChI=1S/C6H12NO5P/c1-5(4-6(7)8)12-13(9,10-2)11-3/h4H,1-3H3,(H2,7,8)/b5-4+. The van der Waals surface area contributed by atoms with Crippen LogP contribution in [0.2, 0.25) is 0 Å². The van der Waals surface area contributed by atoms with Crippen molar-refractivity contribution < 1.29 is 22.9 Å². The number of carbonyl (C=O) groups excluding carboxylic acids is 1. The van der Waals surface area contributed by atoms with Gasteiger partial charge in [0, 0.05) is 20.3 Å². The lowest BCUT2D eigenvalue weighted by atomic mass is 10.5. The average molecular weight is 209 g/mol. The van der Waals surface area contributed by atoms with E-state index in [1.54, 1.807) is 0 Å². The van der Waals surface area contributed by atoms with Crippen LogP contribution in [0.25, 0.3) is 0 Å². The summed E-state index contributed by atoms with van der Waals surface area (Å²) >= 11 is 0. The fourth-order valence-electron chi connectivity index (χ4n) is 0.552. The second-order valence-corrected chi connectivity index (χ2v) is 3.87. The van der Waals surface area contributed by atoms with Crippen molar-refractivity contribution >= 4 is 13.7 Å². The van der Waals surface area contributed by atoms with Gasteiger partial charge in [-0.2, -0.15) is 0 Å². The molecule has 0 aromatic rings. The van der Waals surface area contributed by atoms with E-state index in [0.717, 1.165) is 6.08 Å². The van der Waals surface area contributed by atoms with Gasteiger partial charge in [0.1, 0.15) is 5.76 Å². The maximum absolute atomic E-state index is 11.3. The summed E-state index contributed by atoms with van der Waals surface area (Å²) in [5.74, 6) is -0.629. The Morgan fingerprint density at radius 3 is 2.15 bits per heavy atom. The lowest BCUT2D eigenvalue weighted by Gasteiger charge is -2.13. The van der Waals surface area contributed by atoms with Gasteiger partial charge in [0.05, 0.1) is 0 Å². The van der Waals surface area contributed by atoms with Crippen molar-refractivity contribution in [1.29, 1.82) is 0 Å². The maximum Gasteiger partial charge on any atom is 0.529 e. The first kappa shape index (κ1) is 12.2. The zero-order chi connectivity index (χ0) is 10.5. The third kappa shape index (κ3) is 4.67. The van der Waals surface area contributed by atoms with Crippen molar-refractivity contribution in [3.63, 3.8) is 0 Å². The van der Waals surface area contributed by atoms with Gasteiger partial charge in [-0.05, 0) is 6.92 Å². The van der Waals surface area contributed by atoms with Crippen LogP contribution in [-0.4, -0.2) is 20.1 Å². The van der Waals surface area contributed by atoms with Crippen LogP contribution >= 0.6 is 7.82 Å². The van der Waals surface area contributed by atoms with Crippen molar-refractivity contribution in [2.75, 3.05) is 14.2 Å². The largest absolute Gasteiger partial charge is 0.529 e. The molecule has 1 amide bonds. The first-order chi connectivity index (χ1) is 5.93. The normalized spacial score (nSPS) is 12.7. The number of allylic oxidation sites excluding steroid dienone is 1. The van der Waals surface area contributed by atoms with Gasteiger partial charge in [-0.25, -0.2) is 4.57 Å². The SMILES string of the molecule is COP(=O)(OC)O/C(C)=C/C(N)=O. The molecular weight excluding hydrogens is 197 g/mol. The zero-order valence-electron chi connectivity index (χ0n) is 7.64. The summed E-state index contributed by atoms with van der Waals surface area (Å²) in [6.45, 7) is 1.41. The number of primary amides is 1. The molecule has 0 aromatic carbocycles. The van der Waals surface area contributed by atoms with Gasteiger partial charge in [-0.15, -0.1) is 0 Å². The first-order valence-corrected chi connectivity index (χ1v) is 4.78. The predicted molar refractivity (Wildman–Crippen MR) is 45.7 cm³/mol.